The van der Waals surface area contributed by atoms with Gasteiger partial charge in [-0.15, -0.1) is 0 Å². The molecule has 46 heavy (non-hydrogen) atoms. The van der Waals surface area contributed by atoms with Gasteiger partial charge in [0.05, 0.1) is 22.7 Å². The molecule has 1 aliphatic rings. The van der Waals surface area contributed by atoms with Gasteiger partial charge in [0.15, 0.2) is 0 Å². The highest BCUT2D eigenvalue weighted by atomic mass is 32.2. The number of anilines is 2. The van der Waals surface area contributed by atoms with Crippen LogP contribution in [0.4, 0.5) is 16.4 Å². The predicted molar refractivity (Wildman–Crippen MR) is 177 cm³/mol. The molecule has 1 amide bonds. The number of carbonyl (C=O) groups is 1. The third kappa shape index (κ3) is 7.35. The first-order valence-corrected chi connectivity index (χ1v) is 16.6. The number of rotatable bonds is 10. The van der Waals surface area contributed by atoms with E-state index in [1.807, 2.05) is 55.5 Å². The Hall–Kier alpha value is -5.23. The molecule has 0 spiro atoms. The van der Waals surface area contributed by atoms with E-state index >= 15 is 0 Å². The number of ether oxygens (including phenoxy) is 2. The number of pyridine rings is 1. The Morgan fingerprint density at radius 3 is 2.48 bits per heavy atom. The Labute approximate surface area is 267 Å². The van der Waals surface area contributed by atoms with Gasteiger partial charge >= 0.3 is 6.09 Å². The number of primary amides is 1. The van der Waals surface area contributed by atoms with Crippen molar-refractivity contribution in [2.45, 2.75) is 50.5 Å². The highest BCUT2D eigenvalue weighted by molar-refractivity contribution is 7.91. The average Bonchev–Trinajstić information content (AvgIpc) is 3.04. The van der Waals surface area contributed by atoms with Crippen LogP contribution in [0.1, 0.15) is 36.8 Å². The highest BCUT2D eigenvalue weighted by Gasteiger charge is 2.24. The van der Waals surface area contributed by atoms with E-state index in [1.165, 1.54) is 0 Å². The summed E-state index contributed by atoms with van der Waals surface area (Å²) in [6.07, 6.45) is 5.42. The number of nitrogens with two attached hydrogens (primary N) is 1. The molecule has 11 nitrogen and oxygen atoms in total. The number of fused-ring (bicyclic) bond motifs is 1. The second-order valence-electron chi connectivity index (χ2n) is 11.2. The van der Waals surface area contributed by atoms with E-state index in [2.05, 4.69) is 20.0 Å². The lowest BCUT2D eigenvalue weighted by Crippen LogP contribution is -2.32. The molecule has 0 atom stereocenters. The lowest BCUT2D eigenvalue weighted by molar-refractivity contribution is 0.0805. The number of aryl methyl sites for hydroxylation is 1. The van der Waals surface area contributed by atoms with Crippen LogP contribution in [0.15, 0.2) is 91.3 Å². The van der Waals surface area contributed by atoms with Gasteiger partial charge in [-0.05, 0) is 68.0 Å². The Morgan fingerprint density at radius 1 is 0.891 bits per heavy atom. The first-order valence-electron chi connectivity index (χ1n) is 15.0. The van der Waals surface area contributed by atoms with E-state index in [9.17, 15) is 13.2 Å². The van der Waals surface area contributed by atoms with E-state index in [0.717, 1.165) is 23.8 Å². The lowest BCUT2D eigenvalue weighted by Gasteiger charge is -2.28. The van der Waals surface area contributed by atoms with Crippen LogP contribution in [-0.4, -0.2) is 41.6 Å². The number of sulfonamides is 1. The fourth-order valence-corrected chi connectivity index (χ4v) is 6.89. The van der Waals surface area contributed by atoms with Gasteiger partial charge in [-0.1, -0.05) is 54.6 Å². The molecule has 5 aromatic rings. The molecule has 3 aromatic carbocycles. The largest absolute Gasteiger partial charge is 0.446 e. The minimum absolute atomic E-state index is 0.130. The van der Waals surface area contributed by atoms with E-state index in [-0.39, 0.29) is 17.9 Å². The summed E-state index contributed by atoms with van der Waals surface area (Å²) in [5.41, 5.74) is 8.47. The molecule has 1 saturated carbocycles. The van der Waals surface area contributed by atoms with Gasteiger partial charge in [-0.2, -0.15) is 0 Å². The average molecular weight is 639 g/mol. The molecule has 0 radical (unpaired) electrons. The van der Waals surface area contributed by atoms with Gasteiger partial charge in [0.2, 0.25) is 21.9 Å². The molecule has 0 aliphatic heterocycles. The van der Waals surface area contributed by atoms with Crippen molar-refractivity contribution in [2.75, 3.05) is 10.0 Å². The van der Waals surface area contributed by atoms with Gasteiger partial charge in [0.1, 0.15) is 11.9 Å². The van der Waals surface area contributed by atoms with E-state index < -0.39 is 16.1 Å². The van der Waals surface area contributed by atoms with Crippen molar-refractivity contribution in [1.29, 1.82) is 0 Å². The van der Waals surface area contributed by atoms with Crippen molar-refractivity contribution in [3.8, 4) is 22.9 Å². The smallest absolute Gasteiger partial charge is 0.404 e. The fourth-order valence-electron chi connectivity index (χ4n) is 5.67. The summed E-state index contributed by atoms with van der Waals surface area (Å²) in [6, 6.07) is 23.9. The maximum Gasteiger partial charge on any atom is 0.404 e. The first kappa shape index (κ1) is 30.8. The summed E-state index contributed by atoms with van der Waals surface area (Å²) in [5, 5.41) is 4.83. The van der Waals surface area contributed by atoms with Gasteiger partial charge in [0, 0.05) is 29.2 Å². The zero-order valence-corrected chi connectivity index (χ0v) is 26.0. The maximum absolute atomic E-state index is 13.1. The lowest BCUT2D eigenvalue weighted by atomic mass is 9.93. The Morgan fingerprint density at radius 2 is 1.70 bits per heavy atom. The molecule has 1 fully saturated rings. The number of aromatic nitrogens is 3. The first-order chi connectivity index (χ1) is 22.2. The SMILES string of the molecule is Cc1ccc2c(NS(=O)(=O)Cc3ccccc3)cccc2c1Oc1ncccc1-c1ccnc(N[C@H]2CC[C@H](OC(N)=O)CC2)n1. The zero-order valence-electron chi connectivity index (χ0n) is 25.2. The minimum atomic E-state index is -3.67. The second kappa shape index (κ2) is 13.4. The predicted octanol–water partition coefficient (Wildman–Crippen LogP) is 6.55. The van der Waals surface area contributed by atoms with E-state index in [0.29, 0.717) is 58.3 Å². The summed E-state index contributed by atoms with van der Waals surface area (Å²) in [5.74, 6) is 1.24. The molecule has 2 aromatic heterocycles. The zero-order chi connectivity index (χ0) is 32.1. The summed E-state index contributed by atoms with van der Waals surface area (Å²) in [4.78, 5) is 24.8. The molecular weight excluding hydrogens is 604 g/mol. The van der Waals surface area contributed by atoms with Crippen molar-refractivity contribution in [3.63, 3.8) is 0 Å². The quantitative estimate of drug-likeness (QED) is 0.154. The number of amides is 1. The Balaban J connectivity index is 1.24. The van der Waals surface area contributed by atoms with Gasteiger partial charge in [-0.3, -0.25) is 4.72 Å². The normalized spacial score (nSPS) is 16.5. The third-order valence-electron chi connectivity index (χ3n) is 7.87. The van der Waals surface area contributed by atoms with Crippen LogP contribution in [-0.2, 0) is 20.5 Å². The molecule has 6 rings (SSSR count). The van der Waals surface area contributed by atoms with Gasteiger partial charge in [-0.25, -0.2) is 28.2 Å². The van der Waals surface area contributed by atoms with Crippen LogP contribution in [0, 0.1) is 6.92 Å². The highest BCUT2D eigenvalue weighted by Crippen LogP contribution is 2.39. The van der Waals surface area contributed by atoms with Crippen molar-refractivity contribution in [3.05, 3.63) is 102 Å². The van der Waals surface area contributed by atoms with Crippen molar-refractivity contribution in [1.82, 2.24) is 15.0 Å². The summed E-state index contributed by atoms with van der Waals surface area (Å²) in [6.45, 7) is 1.93. The second-order valence-corrected chi connectivity index (χ2v) is 13.0. The molecule has 4 N–H and O–H groups in total. The monoisotopic (exact) mass is 638 g/mol. The van der Waals surface area contributed by atoms with Crippen LogP contribution in [0.3, 0.4) is 0 Å². The maximum atomic E-state index is 13.1. The van der Waals surface area contributed by atoms with Gasteiger partial charge in [0.25, 0.3) is 0 Å². The van der Waals surface area contributed by atoms with E-state index in [4.69, 9.17) is 20.2 Å². The molecule has 0 bridgehead atoms. The van der Waals surface area contributed by atoms with Crippen LogP contribution >= 0.6 is 0 Å². The molecular formula is C34H34N6O5S. The summed E-state index contributed by atoms with van der Waals surface area (Å²) >= 11 is 0. The van der Waals surface area contributed by atoms with Crippen molar-refractivity contribution >= 4 is 38.5 Å². The molecule has 236 valence electrons. The fraction of sp³-hybridized carbons (Fsp3) is 0.235. The molecule has 2 heterocycles. The Bertz CT molecular complexity index is 1960. The Kier molecular flexibility index (Phi) is 8.97. The van der Waals surface area contributed by atoms with Crippen LogP contribution in [0.5, 0.6) is 11.6 Å². The number of nitrogens with one attached hydrogen (secondary N) is 2. The van der Waals surface area contributed by atoms with Crippen molar-refractivity contribution in [2.24, 2.45) is 5.73 Å². The number of benzene rings is 3. The van der Waals surface area contributed by atoms with Gasteiger partial charge < -0.3 is 20.5 Å². The minimum Gasteiger partial charge on any atom is -0.446 e. The number of nitrogens with zero attached hydrogens (tertiary/aromatic N) is 3. The van der Waals surface area contributed by atoms with Crippen LogP contribution < -0.4 is 20.5 Å². The number of carbonyl (C=O) groups excluding carboxylic acids is 1. The molecule has 12 heteroatoms. The standard InChI is InChI=1S/C34H34N6O5S/c1-22-12-17-26-27(9-5-11-30(26)40-46(42,43)21-23-7-3-2-4-8-23)31(22)45-32-28(10-6-19-36-32)29-18-20-37-34(39-29)38-24-13-15-25(16-14-24)44-33(35)41/h2-12,17-20,24-25,40H,13-16,21H2,1H3,(H2,35,41)(H,37,38,39)/t24-,25-. The number of hydrogen-bond acceptors (Lipinski definition) is 9. The van der Waals surface area contributed by atoms with Crippen LogP contribution in [0.2, 0.25) is 0 Å². The molecule has 1 aliphatic carbocycles. The van der Waals surface area contributed by atoms with Crippen molar-refractivity contribution < 1.29 is 22.7 Å². The molecule has 0 unspecified atom stereocenters. The van der Waals surface area contributed by atoms with Crippen LogP contribution in [0.25, 0.3) is 22.0 Å². The third-order valence-corrected chi connectivity index (χ3v) is 9.11. The molecule has 0 saturated heterocycles. The van der Waals surface area contributed by atoms with E-state index in [1.54, 1.807) is 42.7 Å². The summed E-state index contributed by atoms with van der Waals surface area (Å²) in [7, 11) is -3.67. The topological polar surface area (TPSA) is 158 Å². The summed E-state index contributed by atoms with van der Waals surface area (Å²) < 4.78 is 40.5. The number of hydrogen-bond donors (Lipinski definition) is 3.